The first-order chi connectivity index (χ1) is 8.43. The van der Waals surface area contributed by atoms with Gasteiger partial charge in [-0.2, -0.15) is 10.2 Å². The summed E-state index contributed by atoms with van der Waals surface area (Å²) in [7, 11) is 0. The van der Waals surface area contributed by atoms with E-state index in [1.807, 2.05) is 6.92 Å². The molecule has 0 saturated carbocycles. The van der Waals surface area contributed by atoms with Crippen LogP contribution < -0.4 is 5.32 Å². The maximum Gasteiger partial charge on any atom is 0.305 e. The van der Waals surface area contributed by atoms with Crippen LogP contribution in [0.5, 0.6) is 0 Å². The number of hydrogen-bond acceptors (Lipinski definition) is 4. The van der Waals surface area contributed by atoms with Crippen LogP contribution in [-0.2, 0) is 4.79 Å². The summed E-state index contributed by atoms with van der Waals surface area (Å²) in [5, 5.41) is 19.1. The third-order valence-electron chi connectivity index (χ3n) is 2.59. The van der Waals surface area contributed by atoms with Crippen LogP contribution in [0.4, 0.5) is 0 Å². The molecule has 1 aromatic heterocycles. The molecular formula is C12H17N3O3. The first-order valence-electron chi connectivity index (χ1n) is 5.77. The van der Waals surface area contributed by atoms with E-state index in [2.05, 4.69) is 15.5 Å². The van der Waals surface area contributed by atoms with Crippen LogP contribution in [0.2, 0.25) is 0 Å². The maximum atomic E-state index is 12.0. The van der Waals surface area contributed by atoms with Crippen molar-refractivity contribution in [1.82, 2.24) is 15.5 Å². The van der Waals surface area contributed by atoms with Crippen molar-refractivity contribution in [3.8, 4) is 0 Å². The molecule has 98 valence electrons. The number of nitrogens with zero attached hydrogens (tertiary/aromatic N) is 2. The summed E-state index contributed by atoms with van der Waals surface area (Å²) in [6.07, 6.45) is 0.480. The van der Waals surface area contributed by atoms with Crippen LogP contribution in [0, 0.1) is 13.8 Å². The highest BCUT2D eigenvalue weighted by molar-refractivity contribution is 5.95. The fourth-order valence-corrected chi connectivity index (χ4v) is 1.55. The Kier molecular flexibility index (Phi) is 4.76. The van der Waals surface area contributed by atoms with Gasteiger partial charge < -0.3 is 10.4 Å². The first-order valence-corrected chi connectivity index (χ1v) is 5.77. The number of hydrogen-bond donors (Lipinski definition) is 2. The second-order valence-corrected chi connectivity index (χ2v) is 4.16. The Morgan fingerprint density at radius 3 is 2.61 bits per heavy atom. The van der Waals surface area contributed by atoms with Crippen molar-refractivity contribution in [1.29, 1.82) is 0 Å². The van der Waals surface area contributed by atoms with E-state index >= 15 is 0 Å². The molecule has 0 bridgehead atoms. The molecule has 1 rings (SSSR count). The standard InChI is InChI=1S/C12H17N3O3/c1-4-9(6-11(16)17)13-12(18)10-5-7(2)14-15-8(10)3/h5,9H,4,6H2,1-3H3,(H,13,18)(H,16,17). The van der Waals surface area contributed by atoms with Gasteiger partial charge in [-0.25, -0.2) is 0 Å². The zero-order valence-corrected chi connectivity index (χ0v) is 10.7. The summed E-state index contributed by atoms with van der Waals surface area (Å²) >= 11 is 0. The number of aryl methyl sites for hydroxylation is 2. The Labute approximate surface area is 105 Å². The Morgan fingerprint density at radius 1 is 1.39 bits per heavy atom. The molecule has 0 saturated heterocycles. The van der Waals surface area contributed by atoms with Gasteiger partial charge >= 0.3 is 5.97 Å². The molecular weight excluding hydrogens is 234 g/mol. The Bertz CT molecular complexity index is 460. The number of nitrogens with one attached hydrogen (secondary N) is 1. The number of carbonyl (C=O) groups is 2. The quantitative estimate of drug-likeness (QED) is 0.816. The van der Waals surface area contributed by atoms with Crippen LogP contribution in [0.3, 0.4) is 0 Å². The molecule has 1 aromatic rings. The first kappa shape index (κ1) is 14.1. The minimum atomic E-state index is -0.928. The molecule has 2 N–H and O–H groups in total. The lowest BCUT2D eigenvalue weighted by molar-refractivity contribution is -0.137. The lowest BCUT2D eigenvalue weighted by Gasteiger charge is -2.15. The second kappa shape index (κ2) is 6.09. The predicted molar refractivity (Wildman–Crippen MR) is 65.3 cm³/mol. The molecule has 0 aliphatic carbocycles. The highest BCUT2D eigenvalue weighted by Gasteiger charge is 2.17. The summed E-state index contributed by atoms with van der Waals surface area (Å²) in [6, 6.07) is 1.27. The summed E-state index contributed by atoms with van der Waals surface area (Å²) in [5.74, 6) is -1.23. The molecule has 6 heteroatoms. The molecule has 18 heavy (non-hydrogen) atoms. The van der Waals surface area contributed by atoms with Gasteiger partial charge in [0.25, 0.3) is 5.91 Å². The third-order valence-corrected chi connectivity index (χ3v) is 2.59. The number of aliphatic carboxylic acids is 1. The van der Waals surface area contributed by atoms with Gasteiger partial charge in [0.15, 0.2) is 0 Å². The molecule has 1 amide bonds. The van der Waals surface area contributed by atoms with Crippen molar-refractivity contribution in [2.24, 2.45) is 0 Å². The third kappa shape index (κ3) is 3.80. The van der Waals surface area contributed by atoms with E-state index in [4.69, 9.17) is 5.11 Å². The van der Waals surface area contributed by atoms with Gasteiger partial charge in [-0.15, -0.1) is 0 Å². The number of rotatable bonds is 5. The number of amides is 1. The van der Waals surface area contributed by atoms with E-state index in [0.717, 1.165) is 0 Å². The molecule has 0 aliphatic rings. The molecule has 0 aromatic carbocycles. The molecule has 0 spiro atoms. The van der Waals surface area contributed by atoms with Crippen molar-refractivity contribution < 1.29 is 14.7 Å². The van der Waals surface area contributed by atoms with Crippen LogP contribution >= 0.6 is 0 Å². The van der Waals surface area contributed by atoms with Crippen LogP contribution in [0.15, 0.2) is 6.07 Å². The molecule has 1 heterocycles. The summed E-state index contributed by atoms with van der Waals surface area (Å²) < 4.78 is 0. The molecule has 0 fully saturated rings. The number of carbonyl (C=O) groups excluding carboxylic acids is 1. The SMILES string of the molecule is CCC(CC(=O)O)NC(=O)c1cc(C)nnc1C. The zero-order valence-electron chi connectivity index (χ0n) is 10.7. The molecule has 0 aliphatic heterocycles. The summed E-state index contributed by atoms with van der Waals surface area (Å²) in [5.41, 5.74) is 1.62. The Balaban J connectivity index is 2.80. The van der Waals surface area contributed by atoms with Crippen molar-refractivity contribution in [2.45, 2.75) is 39.7 Å². The largest absolute Gasteiger partial charge is 0.481 e. The zero-order chi connectivity index (χ0) is 13.7. The van der Waals surface area contributed by atoms with Gasteiger partial charge in [-0.05, 0) is 26.3 Å². The highest BCUT2D eigenvalue weighted by Crippen LogP contribution is 2.07. The van der Waals surface area contributed by atoms with E-state index in [0.29, 0.717) is 23.4 Å². The normalized spacial score (nSPS) is 11.9. The predicted octanol–water partition coefficient (Wildman–Crippen LogP) is 1.08. The van der Waals surface area contributed by atoms with Crippen LogP contribution in [0.25, 0.3) is 0 Å². The van der Waals surface area contributed by atoms with Gasteiger partial charge in [0, 0.05) is 6.04 Å². The average molecular weight is 251 g/mol. The fraction of sp³-hybridized carbons (Fsp3) is 0.500. The van der Waals surface area contributed by atoms with E-state index in [9.17, 15) is 9.59 Å². The molecule has 6 nitrogen and oxygen atoms in total. The van der Waals surface area contributed by atoms with Gasteiger partial charge in [-0.1, -0.05) is 6.92 Å². The van der Waals surface area contributed by atoms with Crippen LogP contribution in [0.1, 0.15) is 41.5 Å². The van der Waals surface area contributed by atoms with Crippen molar-refractivity contribution >= 4 is 11.9 Å². The van der Waals surface area contributed by atoms with E-state index in [1.165, 1.54) is 0 Å². The van der Waals surface area contributed by atoms with Gasteiger partial charge in [0.05, 0.1) is 23.4 Å². The maximum absolute atomic E-state index is 12.0. The molecule has 0 radical (unpaired) electrons. The fourth-order valence-electron chi connectivity index (χ4n) is 1.55. The Morgan fingerprint density at radius 2 is 2.06 bits per heavy atom. The lowest BCUT2D eigenvalue weighted by Crippen LogP contribution is -2.36. The van der Waals surface area contributed by atoms with E-state index in [-0.39, 0.29) is 18.4 Å². The number of aromatic nitrogens is 2. The smallest absolute Gasteiger partial charge is 0.305 e. The highest BCUT2D eigenvalue weighted by atomic mass is 16.4. The average Bonchev–Trinajstić information content (AvgIpc) is 2.30. The van der Waals surface area contributed by atoms with E-state index < -0.39 is 5.97 Å². The van der Waals surface area contributed by atoms with Crippen molar-refractivity contribution in [2.75, 3.05) is 0 Å². The summed E-state index contributed by atoms with van der Waals surface area (Å²) in [4.78, 5) is 22.6. The van der Waals surface area contributed by atoms with Gasteiger partial charge in [0.1, 0.15) is 0 Å². The summed E-state index contributed by atoms with van der Waals surface area (Å²) in [6.45, 7) is 5.27. The second-order valence-electron chi connectivity index (χ2n) is 4.16. The number of carboxylic acids is 1. The lowest BCUT2D eigenvalue weighted by atomic mass is 10.1. The molecule has 1 atom stereocenters. The van der Waals surface area contributed by atoms with Crippen molar-refractivity contribution in [3.05, 3.63) is 23.0 Å². The monoisotopic (exact) mass is 251 g/mol. The minimum absolute atomic E-state index is 0.0845. The van der Waals surface area contributed by atoms with Gasteiger partial charge in [-0.3, -0.25) is 9.59 Å². The van der Waals surface area contributed by atoms with Gasteiger partial charge in [0.2, 0.25) is 0 Å². The minimum Gasteiger partial charge on any atom is -0.481 e. The molecule has 1 unspecified atom stereocenters. The Hall–Kier alpha value is -1.98. The van der Waals surface area contributed by atoms with Crippen molar-refractivity contribution in [3.63, 3.8) is 0 Å². The number of carboxylic acid groups (broad SMARTS) is 1. The van der Waals surface area contributed by atoms with E-state index in [1.54, 1.807) is 19.9 Å². The topological polar surface area (TPSA) is 92.2 Å². The van der Waals surface area contributed by atoms with Crippen LogP contribution in [-0.4, -0.2) is 33.2 Å².